The van der Waals surface area contributed by atoms with Gasteiger partial charge in [-0.25, -0.2) is 0 Å². The number of benzene rings is 1. The Bertz CT molecular complexity index is 733. The van der Waals surface area contributed by atoms with Crippen molar-refractivity contribution < 1.29 is 9.90 Å². The average Bonchev–Trinajstić information content (AvgIpc) is 3.11. The number of nitrogens with one attached hydrogen (secondary N) is 1. The van der Waals surface area contributed by atoms with Crippen molar-refractivity contribution in [1.29, 1.82) is 0 Å². The highest BCUT2D eigenvalue weighted by Crippen LogP contribution is 2.39. The van der Waals surface area contributed by atoms with Crippen LogP contribution in [0.1, 0.15) is 50.1 Å². The highest BCUT2D eigenvalue weighted by molar-refractivity contribution is 5.81. The quantitative estimate of drug-likeness (QED) is 0.906. The topological polar surface area (TPSA) is 62.2 Å². The number of carbonyl (C=O) groups excluding carboxylic acids is 1. The lowest BCUT2D eigenvalue weighted by Gasteiger charge is -2.38. The molecule has 1 aromatic carbocycles. The van der Waals surface area contributed by atoms with Crippen LogP contribution in [0, 0.1) is 11.8 Å². The molecular formula is C20H24N2O2. The van der Waals surface area contributed by atoms with E-state index in [0.29, 0.717) is 5.92 Å². The lowest BCUT2D eigenvalue weighted by atomic mass is 9.75. The van der Waals surface area contributed by atoms with Crippen molar-refractivity contribution in [1.82, 2.24) is 10.3 Å². The van der Waals surface area contributed by atoms with E-state index in [0.717, 1.165) is 55.0 Å². The summed E-state index contributed by atoms with van der Waals surface area (Å²) in [5.74, 6) is 0.631. The van der Waals surface area contributed by atoms with Crippen molar-refractivity contribution in [3.63, 3.8) is 0 Å². The van der Waals surface area contributed by atoms with E-state index in [2.05, 4.69) is 22.4 Å². The van der Waals surface area contributed by atoms with Crippen LogP contribution in [0.2, 0.25) is 0 Å². The first-order chi connectivity index (χ1) is 11.7. The number of aromatic nitrogens is 1. The van der Waals surface area contributed by atoms with Gasteiger partial charge in [0, 0.05) is 17.5 Å². The van der Waals surface area contributed by atoms with Gasteiger partial charge in [0.05, 0.1) is 17.7 Å². The van der Waals surface area contributed by atoms with Crippen LogP contribution < -0.4 is 5.32 Å². The van der Waals surface area contributed by atoms with Crippen molar-refractivity contribution in [2.45, 2.75) is 50.7 Å². The van der Waals surface area contributed by atoms with Gasteiger partial charge in [-0.3, -0.25) is 9.78 Å². The van der Waals surface area contributed by atoms with Gasteiger partial charge in [-0.1, -0.05) is 31.0 Å². The van der Waals surface area contributed by atoms with Crippen molar-refractivity contribution in [3.8, 4) is 0 Å². The molecule has 0 unspecified atom stereocenters. The summed E-state index contributed by atoms with van der Waals surface area (Å²) in [5.41, 5.74) is 2.02. The van der Waals surface area contributed by atoms with Gasteiger partial charge in [0.15, 0.2) is 0 Å². The molecule has 2 fully saturated rings. The summed E-state index contributed by atoms with van der Waals surface area (Å²) in [7, 11) is 0. The summed E-state index contributed by atoms with van der Waals surface area (Å²) < 4.78 is 0. The van der Waals surface area contributed by atoms with E-state index >= 15 is 0 Å². The zero-order valence-electron chi connectivity index (χ0n) is 13.8. The smallest absolute Gasteiger partial charge is 0.223 e. The number of hydrogen-bond acceptors (Lipinski definition) is 3. The molecule has 0 bridgehead atoms. The second-order valence-corrected chi connectivity index (χ2v) is 7.31. The van der Waals surface area contributed by atoms with Crippen molar-refractivity contribution >= 4 is 16.8 Å². The molecule has 4 nitrogen and oxygen atoms in total. The standard InChI is InChI=1S/C20H24N2O2/c23-17-10-15(11-17)19(22-20(24)13-5-1-2-6-13)16-9-14-7-3-4-8-18(14)21-12-16/h3-4,7-9,12-13,15,17,19,23H,1-2,5-6,10-11H2,(H,22,24)/t15?,17?,19-/m1/s1. The molecule has 0 radical (unpaired) electrons. The van der Waals surface area contributed by atoms with E-state index in [4.69, 9.17) is 0 Å². The molecule has 2 aliphatic rings. The van der Waals surface area contributed by atoms with E-state index in [1.807, 2.05) is 24.4 Å². The maximum absolute atomic E-state index is 12.6. The molecular weight excluding hydrogens is 300 g/mol. The number of amides is 1. The van der Waals surface area contributed by atoms with E-state index < -0.39 is 0 Å². The first-order valence-electron chi connectivity index (χ1n) is 9.04. The molecule has 4 rings (SSSR count). The Balaban J connectivity index is 1.59. The Morgan fingerprint density at radius 2 is 1.96 bits per heavy atom. The van der Waals surface area contributed by atoms with Crippen LogP contribution >= 0.6 is 0 Å². The SMILES string of the molecule is O=C(N[C@@H](c1cnc2ccccc2c1)C1CC(O)C1)C1CCCC1. The van der Waals surface area contributed by atoms with Gasteiger partial charge in [-0.15, -0.1) is 0 Å². The highest BCUT2D eigenvalue weighted by atomic mass is 16.3. The summed E-state index contributed by atoms with van der Waals surface area (Å²) >= 11 is 0. The van der Waals surface area contributed by atoms with E-state index in [1.165, 1.54) is 0 Å². The fourth-order valence-electron chi connectivity index (χ4n) is 4.09. The van der Waals surface area contributed by atoms with E-state index in [1.54, 1.807) is 0 Å². The van der Waals surface area contributed by atoms with Crippen LogP contribution in [-0.2, 0) is 4.79 Å². The Labute approximate surface area is 142 Å². The lowest BCUT2D eigenvalue weighted by Crippen LogP contribution is -2.43. The average molecular weight is 324 g/mol. The van der Waals surface area contributed by atoms with Gasteiger partial charge in [0.1, 0.15) is 0 Å². The number of fused-ring (bicyclic) bond motifs is 1. The zero-order chi connectivity index (χ0) is 16.5. The minimum atomic E-state index is -0.228. The van der Waals surface area contributed by atoms with Crippen molar-refractivity contribution in [2.24, 2.45) is 11.8 Å². The van der Waals surface area contributed by atoms with Crippen LogP contribution in [0.15, 0.2) is 36.5 Å². The molecule has 0 aliphatic heterocycles. The summed E-state index contributed by atoms with van der Waals surface area (Å²) in [5, 5.41) is 14.1. The van der Waals surface area contributed by atoms with Gasteiger partial charge in [-0.2, -0.15) is 0 Å². The second-order valence-electron chi connectivity index (χ2n) is 7.31. The third kappa shape index (κ3) is 3.03. The number of para-hydroxylation sites is 1. The Hall–Kier alpha value is -1.94. The third-order valence-electron chi connectivity index (χ3n) is 5.62. The Morgan fingerprint density at radius 1 is 1.21 bits per heavy atom. The molecule has 2 aliphatic carbocycles. The first kappa shape index (κ1) is 15.6. The molecule has 2 N–H and O–H groups in total. The minimum absolute atomic E-state index is 0.0430. The second kappa shape index (κ2) is 6.52. The first-order valence-corrected chi connectivity index (χ1v) is 9.04. The minimum Gasteiger partial charge on any atom is -0.393 e. The molecule has 0 saturated heterocycles. The van der Waals surface area contributed by atoms with Crippen LogP contribution in [-0.4, -0.2) is 22.1 Å². The third-order valence-corrected chi connectivity index (χ3v) is 5.62. The molecule has 2 aromatic rings. The number of hydrogen-bond donors (Lipinski definition) is 2. The van der Waals surface area contributed by atoms with Gasteiger partial charge in [-0.05, 0) is 49.3 Å². The highest BCUT2D eigenvalue weighted by Gasteiger charge is 2.37. The van der Waals surface area contributed by atoms with Gasteiger partial charge >= 0.3 is 0 Å². The molecule has 1 aromatic heterocycles. The van der Waals surface area contributed by atoms with Gasteiger partial charge in [0.2, 0.25) is 5.91 Å². The number of pyridine rings is 1. The summed E-state index contributed by atoms with van der Waals surface area (Å²) in [6, 6.07) is 10.1. The molecule has 2 saturated carbocycles. The Kier molecular flexibility index (Phi) is 4.23. The van der Waals surface area contributed by atoms with Crippen molar-refractivity contribution in [3.05, 3.63) is 42.1 Å². The van der Waals surface area contributed by atoms with E-state index in [-0.39, 0.29) is 24.0 Å². The van der Waals surface area contributed by atoms with Crippen LogP contribution in [0.4, 0.5) is 0 Å². The summed E-state index contributed by atoms with van der Waals surface area (Å²) in [6.07, 6.45) is 7.47. The molecule has 24 heavy (non-hydrogen) atoms. The maximum Gasteiger partial charge on any atom is 0.223 e. The van der Waals surface area contributed by atoms with Gasteiger partial charge < -0.3 is 10.4 Å². The molecule has 1 heterocycles. The fraction of sp³-hybridized carbons (Fsp3) is 0.500. The maximum atomic E-state index is 12.6. The van der Waals surface area contributed by atoms with E-state index in [9.17, 15) is 9.90 Å². The molecule has 1 amide bonds. The molecule has 1 atom stereocenters. The monoisotopic (exact) mass is 324 g/mol. The largest absolute Gasteiger partial charge is 0.393 e. The molecule has 4 heteroatoms. The van der Waals surface area contributed by atoms with Crippen LogP contribution in [0.5, 0.6) is 0 Å². The number of aliphatic hydroxyl groups is 1. The normalized spacial score (nSPS) is 25.4. The summed E-state index contributed by atoms with van der Waals surface area (Å²) in [6.45, 7) is 0. The van der Waals surface area contributed by atoms with Crippen molar-refractivity contribution in [2.75, 3.05) is 0 Å². The van der Waals surface area contributed by atoms with Crippen LogP contribution in [0.25, 0.3) is 10.9 Å². The predicted octanol–water partition coefficient (Wildman–Crippen LogP) is 3.35. The fourth-order valence-corrected chi connectivity index (χ4v) is 4.09. The lowest BCUT2D eigenvalue weighted by molar-refractivity contribution is -0.126. The predicted molar refractivity (Wildman–Crippen MR) is 93.3 cm³/mol. The number of aliphatic hydroxyl groups excluding tert-OH is 1. The Morgan fingerprint density at radius 3 is 2.71 bits per heavy atom. The molecule has 0 spiro atoms. The zero-order valence-corrected chi connectivity index (χ0v) is 13.8. The molecule has 126 valence electrons. The van der Waals surface area contributed by atoms with Crippen LogP contribution in [0.3, 0.4) is 0 Å². The summed E-state index contributed by atoms with van der Waals surface area (Å²) in [4.78, 5) is 17.2. The number of nitrogens with zero attached hydrogens (tertiary/aromatic N) is 1. The number of rotatable bonds is 4. The number of carbonyl (C=O) groups is 1. The van der Waals surface area contributed by atoms with Gasteiger partial charge in [0.25, 0.3) is 0 Å².